The molecule has 0 saturated carbocycles. The zero-order chi connectivity index (χ0) is 19.8. The molecular weight excluding hydrogens is 374 g/mol. The summed E-state index contributed by atoms with van der Waals surface area (Å²) in [6.45, 7) is 4.01. The molecule has 0 bridgehead atoms. The summed E-state index contributed by atoms with van der Waals surface area (Å²) >= 11 is 1.30. The van der Waals surface area contributed by atoms with Crippen LogP contribution >= 0.6 is 11.8 Å². The Morgan fingerprint density at radius 1 is 1.18 bits per heavy atom. The van der Waals surface area contributed by atoms with E-state index in [1.54, 1.807) is 22.7 Å². The van der Waals surface area contributed by atoms with Crippen LogP contribution in [-0.4, -0.2) is 44.7 Å². The molecule has 4 rings (SSSR count). The van der Waals surface area contributed by atoms with Crippen molar-refractivity contribution in [2.24, 2.45) is 0 Å². The van der Waals surface area contributed by atoms with Gasteiger partial charge in [0.2, 0.25) is 11.1 Å². The van der Waals surface area contributed by atoms with Gasteiger partial charge < -0.3 is 4.90 Å². The summed E-state index contributed by atoms with van der Waals surface area (Å²) in [5.74, 6) is 0.237. The van der Waals surface area contributed by atoms with Crippen LogP contribution in [0.25, 0.3) is 5.69 Å². The van der Waals surface area contributed by atoms with E-state index in [9.17, 15) is 9.59 Å². The second-order valence-electron chi connectivity index (χ2n) is 6.80. The lowest BCUT2D eigenvalue weighted by atomic mass is 10.1. The molecule has 0 saturated heterocycles. The maximum atomic E-state index is 12.7. The minimum atomic E-state index is -0.0224. The van der Waals surface area contributed by atoms with Gasteiger partial charge in [-0.25, -0.2) is 0 Å². The van der Waals surface area contributed by atoms with Crippen LogP contribution in [0.15, 0.2) is 41.6 Å². The number of fused-ring (bicyclic) bond motifs is 1. The van der Waals surface area contributed by atoms with Crippen molar-refractivity contribution < 1.29 is 9.59 Å². The molecule has 8 heteroatoms. The Bertz CT molecular complexity index is 1070. The lowest BCUT2D eigenvalue weighted by Gasteiger charge is -2.11. The number of para-hydroxylation sites is 1. The van der Waals surface area contributed by atoms with E-state index in [1.165, 1.54) is 11.8 Å². The minimum absolute atomic E-state index is 0.0224. The van der Waals surface area contributed by atoms with Gasteiger partial charge in [0.05, 0.1) is 17.9 Å². The second kappa shape index (κ2) is 7.20. The average Bonchev–Trinajstić information content (AvgIpc) is 3.24. The molecule has 0 aliphatic carbocycles. The number of nitrogens with zero attached hydrogens (tertiary/aromatic N) is 5. The highest BCUT2D eigenvalue weighted by molar-refractivity contribution is 7.99. The van der Waals surface area contributed by atoms with E-state index in [1.807, 2.05) is 44.2 Å². The highest BCUT2D eigenvalue weighted by atomic mass is 32.2. The summed E-state index contributed by atoms with van der Waals surface area (Å²) in [5, 5.41) is 12.5. The van der Waals surface area contributed by atoms with Crippen LogP contribution in [0.3, 0.4) is 0 Å². The smallest absolute Gasteiger partial charge is 0.231 e. The van der Waals surface area contributed by atoms with Gasteiger partial charge in [0.15, 0.2) is 5.78 Å². The third kappa shape index (κ3) is 3.20. The van der Waals surface area contributed by atoms with Crippen LogP contribution in [0.1, 0.15) is 27.0 Å². The third-order valence-corrected chi connectivity index (χ3v) is 5.82. The van der Waals surface area contributed by atoms with Crippen LogP contribution in [0, 0.1) is 13.8 Å². The molecule has 0 spiro atoms. The number of carbonyl (C=O) groups excluding carboxylic acids is 2. The Hall–Kier alpha value is -3.00. The number of hydrogen-bond acceptors (Lipinski definition) is 6. The molecule has 3 aromatic rings. The number of ketones is 1. The number of thioether (sulfide) groups is 1. The van der Waals surface area contributed by atoms with Crippen LogP contribution < -0.4 is 4.90 Å². The van der Waals surface area contributed by atoms with E-state index in [-0.39, 0.29) is 17.4 Å². The number of rotatable bonds is 5. The van der Waals surface area contributed by atoms with Gasteiger partial charge in [0.25, 0.3) is 0 Å². The van der Waals surface area contributed by atoms with Crippen LogP contribution in [-0.2, 0) is 11.2 Å². The first kappa shape index (κ1) is 18.4. The summed E-state index contributed by atoms with van der Waals surface area (Å²) in [6.07, 6.45) is 0.338. The molecule has 0 fully saturated rings. The van der Waals surface area contributed by atoms with Crippen LogP contribution in [0.2, 0.25) is 0 Å². The summed E-state index contributed by atoms with van der Waals surface area (Å²) in [5.41, 5.74) is 5.42. The standard InChI is InChI=1S/C20H19N5O2S/c1-12-5-4-6-13(2)19(12)25-20(21-22-23-25)28-11-17(26)14-7-8-16-15(9-14)10-18(27)24(16)3/h4-9H,10-11H2,1-3H3. The van der Waals surface area contributed by atoms with Crippen LogP contribution in [0.5, 0.6) is 0 Å². The van der Waals surface area contributed by atoms with E-state index in [4.69, 9.17) is 0 Å². The van der Waals surface area contributed by atoms with Gasteiger partial charge in [-0.05, 0) is 59.2 Å². The monoisotopic (exact) mass is 393 g/mol. The molecule has 0 N–H and O–H groups in total. The Labute approximate surface area is 166 Å². The van der Waals surface area contributed by atoms with Gasteiger partial charge in [0.1, 0.15) is 0 Å². The number of carbonyl (C=O) groups is 2. The van der Waals surface area contributed by atoms with Crippen molar-refractivity contribution in [1.82, 2.24) is 20.2 Å². The molecular formula is C20H19N5O2S. The lowest BCUT2D eigenvalue weighted by molar-refractivity contribution is -0.117. The SMILES string of the molecule is Cc1cccc(C)c1-n1nnnc1SCC(=O)c1ccc2c(c1)CC(=O)N2C. The van der Waals surface area contributed by atoms with Crippen molar-refractivity contribution >= 4 is 29.1 Å². The van der Waals surface area contributed by atoms with Crippen molar-refractivity contribution in [3.8, 4) is 5.69 Å². The van der Waals surface area contributed by atoms with Gasteiger partial charge in [0, 0.05) is 18.3 Å². The first-order valence-corrected chi connectivity index (χ1v) is 9.84. The highest BCUT2D eigenvalue weighted by Gasteiger charge is 2.25. The second-order valence-corrected chi connectivity index (χ2v) is 7.74. The van der Waals surface area contributed by atoms with E-state index >= 15 is 0 Å². The van der Waals surface area contributed by atoms with Crippen molar-refractivity contribution in [3.05, 3.63) is 58.7 Å². The summed E-state index contributed by atoms with van der Waals surface area (Å²) in [4.78, 5) is 26.1. The fraction of sp³-hybridized carbons (Fsp3) is 0.250. The number of amides is 1. The molecule has 0 radical (unpaired) electrons. The molecule has 1 amide bonds. The summed E-state index contributed by atoms with van der Waals surface area (Å²) in [6, 6.07) is 11.4. The van der Waals surface area contributed by atoms with Gasteiger partial charge in [-0.1, -0.05) is 30.0 Å². The maximum Gasteiger partial charge on any atom is 0.231 e. The number of Topliss-reactive ketones (excluding diaryl/α,β-unsaturated/α-hetero) is 1. The molecule has 2 aromatic carbocycles. The van der Waals surface area contributed by atoms with Crippen molar-refractivity contribution in [2.45, 2.75) is 25.4 Å². The van der Waals surface area contributed by atoms with Crippen molar-refractivity contribution in [3.63, 3.8) is 0 Å². The van der Waals surface area contributed by atoms with Crippen molar-refractivity contribution in [2.75, 3.05) is 17.7 Å². The minimum Gasteiger partial charge on any atom is -0.315 e. The quantitative estimate of drug-likeness (QED) is 0.490. The number of aromatic nitrogens is 4. The number of aryl methyl sites for hydroxylation is 2. The topological polar surface area (TPSA) is 81.0 Å². The molecule has 28 heavy (non-hydrogen) atoms. The fourth-order valence-electron chi connectivity index (χ4n) is 3.41. The Kier molecular flexibility index (Phi) is 4.72. The number of likely N-dealkylation sites (N-methyl/N-ethyl adjacent to an activating group) is 1. The average molecular weight is 393 g/mol. The molecule has 0 unspecified atom stereocenters. The number of anilines is 1. The fourth-order valence-corrected chi connectivity index (χ4v) is 4.18. The Morgan fingerprint density at radius 2 is 1.93 bits per heavy atom. The normalized spacial score (nSPS) is 13.1. The van der Waals surface area contributed by atoms with Crippen molar-refractivity contribution in [1.29, 1.82) is 0 Å². The predicted molar refractivity (Wildman–Crippen MR) is 107 cm³/mol. The number of benzene rings is 2. The van der Waals surface area contributed by atoms with Crippen LogP contribution in [0.4, 0.5) is 5.69 Å². The molecule has 1 aliphatic rings. The molecule has 7 nitrogen and oxygen atoms in total. The molecule has 1 aromatic heterocycles. The first-order chi connectivity index (χ1) is 13.5. The third-order valence-electron chi connectivity index (χ3n) is 4.90. The maximum absolute atomic E-state index is 12.7. The van der Waals surface area contributed by atoms with E-state index < -0.39 is 0 Å². The zero-order valence-corrected chi connectivity index (χ0v) is 16.7. The van der Waals surface area contributed by atoms with Gasteiger partial charge in [-0.3, -0.25) is 9.59 Å². The largest absolute Gasteiger partial charge is 0.315 e. The highest BCUT2D eigenvalue weighted by Crippen LogP contribution is 2.29. The van der Waals surface area contributed by atoms with Gasteiger partial charge >= 0.3 is 0 Å². The first-order valence-electron chi connectivity index (χ1n) is 8.86. The molecule has 0 atom stereocenters. The van der Waals surface area contributed by atoms with E-state index in [0.29, 0.717) is 17.1 Å². The van der Waals surface area contributed by atoms with E-state index in [0.717, 1.165) is 28.1 Å². The molecule has 142 valence electrons. The molecule has 2 heterocycles. The lowest BCUT2D eigenvalue weighted by Crippen LogP contribution is -2.20. The van der Waals surface area contributed by atoms with Gasteiger partial charge in [-0.2, -0.15) is 4.68 Å². The summed E-state index contributed by atoms with van der Waals surface area (Å²) < 4.78 is 1.68. The molecule has 1 aliphatic heterocycles. The summed E-state index contributed by atoms with van der Waals surface area (Å²) in [7, 11) is 1.75. The Morgan fingerprint density at radius 3 is 2.68 bits per heavy atom. The predicted octanol–water partition coefficient (Wildman–Crippen LogP) is 2.77. The zero-order valence-electron chi connectivity index (χ0n) is 15.8. The Balaban J connectivity index is 1.52. The van der Waals surface area contributed by atoms with Gasteiger partial charge in [-0.15, -0.1) is 5.10 Å². The number of hydrogen-bond donors (Lipinski definition) is 0. The number of tetrazole rings is 1. The van der Waals surface area contributed by atoms with E-state index in [2.05, 4.69) is 15.5 Å².